The third kappa shape index (κ3) is 7.78. The lowest BCUT2D eigenvalue weighted by molar-refractivity contribution is -0.140. The van der Waals surface area contributed by atoms with Crippen molar-refractivity contribution in [2.75, 3.05) is 24.5 Å². The van der Waals surface area contributed by atoms with E-state index in [-0.39, 0.29) is 35.2 Å². The first-order valence-electron chi connectivity index (χ1n) is 14.2. The monoisotopic (exact) mass is 633 g/mol. The highest BCUT2D eigenvalue weighted by atomic mass is 35.5. The quantitative estimate of drug-likeness (QED) is 0.206. The molecule has 44 heavy (non-hydrogen) atoms. The third-order valence-corrected chi connectivity index (χ3v) is 9.31. The van der Waals surface area contributed by atoms with Gasteiger partial charge in [-0.05, 0) is 55.3 Å². The minimum atomic E-state index is -4.25. The summed E-state index contributed by atoms with van der Waals surface area (Å²) in [7, 11) is -2.81. The maximum atomic E-state index is 14.5. The number of para-hydroxylation sites is 2. The second kappa shape index (κ2) is 14.9. The van der Waals surface area contributed by atoms with E-state index in [1.807, 2.05) is 37.3 Å². The van der Waals surface area contributed by atoms with Crippen molar-refractivity contribution < 1.29 is 22.7 Å². The van der Waals surface area contributed by atoms with Gasteiger partial charge in [0.05, 0.1) is 17.7 Å². The van der Waals surface area contributed by atoms with E-state index in [4.69, 9.17) is 16.3 Å². The number of anilines is 1. The molecule has 8 nitrogen and oxygen atoms in total. The minimum Gasteiger partial charge on any atom is -0.495 e. The number of amides is 2. The largest absolute Gasteiger partial charge is 0.495 e. The van der Waals surface area contributed by atoms with Crippen LogP contribution in [0.25, 0.3) is 0 Å². The van der Waals surface area contributed by atoms with Gasteiger partial charge >= 0.3 is 0 Å². The molecule has 0 heterocycles. The van der Waals surface area contributed by atoms with Crippen molar-refractivity contribution in [1.29, 1.82) is 0 Å². The highest BCUT2D eigenvalue weighted by Gasteiger charge is 2.35. The molecular formula is C34H36ClN3O5S. The van der Waals surface area contributed by atoms with E-state index in [9.17, 15) is 18.0 Å². The Hall–Kier alpha value is -4.34. The number of benzene rings is 4. The molecule has 4 aromatic rings. The van der Waals surface area contributed by atoms with Crippen LogP contribution in [0.1, 0.15) is 23.6 Å². The fraction of sp³-hybridized carbons (Fsp3) is 0.235. The lowest BCUT2D eigenvalue weighted by Crippen LogP contribution is -2.53. The Kier molecular flexibility index (Phi) is 11.0. The number of methoxy groups -OCH3 is 1. The number of likely N-dealkylation sites (N-methyl/N-ethyl adjacent to an activating group) is 1. The molecule has 0 radical (unpaired) electrons. The summed E-state index contributed by atoms with van der Waals surface area (Å²) in [4.78, 5) is 29.5. The van der Waals surface area contributed by atoms with Gasteiger partial charge in [-0.1, -0.05) is 90.0 Å². The molecule has 0 aromatic heterocycles. The summed E-state index contributed by atoms with van der Waals surface area (Å²) in [6.45, 7) is 3.41. The van der Waals surface area contributed by atoms with Gasteiger partial charge in [-0.3, -0.25) is 13.9 Å². The summed E-state index contributed by atoms with van der Waals surface area (Å²) in [5.74, 6) is -0.668. The summed E-state index contributed by atoms with van der Waals surface area (Å²) in [5.41, 5.74) is 2.55. The van der Waals surface area contributed by atoms with Crippen LogP contribution in [0.15, 0.2) is 108 Å². The number of hydrogen-bond acceptors (Lipinski definition) is 5. The van der Waals surface area contributed by atoms with Gasteiger partial charge in [0.1, 0.15) is 18.3 Å². The molecular weight excluding hydrogens is 598 g/mol. The molecule has 0 saturated heterocycles. The average Bonchev–Trinajstić information content (AvgIpc) is 3.03. The summed E-state index contributed by atoms with van der Waals surface area (Å²) < 4.78 is 34.9. The fourth-order valence-corrected chi connectivity index (χ4v) is 6.46. The molecule has 0 aliphatic heterocycles. The van der Waals surface area contributed by atoms with E-state index in [1.165, 1.54) is 24.1 Å². The Bertz CT molecular complexity index is 1680. The molecule has 2 amide bonds. The fourth-order valence-electron chi connectivity index (χ4n) is 4.84. The number of carbonyl (C=O) groups excluding carboxylic acids is 2. The predicted molar refractivity (Wildman–Crippen MR) is 173 cm³/mol. The van der Waals surface area contributed by atoms with Crippen molar-refractivity contribution in [2.45, 2.75) is 37.8 Å². The van der Waals surface area contributed by atoms with E-state index in [0.29, 0.717) is 17.1 Å². The summed E-state index contributed by atoms with van der Waals surface area (Å²) in [6.07, 6.45) is 0.211. The van der Waals surface area contributed by atoms with Crippen LogP contribution in [0.2, 0.25) is 5.02 Å². The predicted octanol–water partition coefficient (Wildman–Crippen LogP) is 5.63. The van der Waals surface area contributed by atoms with Gasteiger partial charge in [0, 0.05) is 24.5 Å². The smallest absolute Gasteiger partial charge is 0.264 e. The first-order chi connectivity index (χ1) is 21.1. The van der Waals surface area contributed by atoms with E-state index in [1.54, 1.807) is 67.6 Å². The Morgan fingerprint density at radius 2 is 1.52 bits per heavy atom. The molecule has 0 unspecified atom stereocenters. The molecule has 0 spiro atoms. The lowest BCUT2D eigenvalue weighted by Gasteiger charge is -2.34. The average molecular weight is 634 g/mol. The van der Waals surface area contributed by atoms with Crippen molar-refractivity contribution >= 4 is 39.1 Å². The Morgan fingerprint density at radius 3 is 2.18 bits per heavy atom. The molecule has 230 valence electrons. The first-order valence-corrected chi connectivity index (χ1v) is 16.0. The summed E-state index contributed by atoms with van der Waals surface area (Å²) in [5, 5.41) is 3.27. The van der Waals surface area contributed by atoms with Crippen LogP contribution in [0.3, 0.4) is 0 Å². The topological polar surface area (TPSA) is 96.0 Å². The zero-order valence-electron chi connectivity index (χ0n) is 24.9. The number of sulfonamides is 1. The molecule has 0 aliphatic rings. The number of ether oxygens (including phenoxy) is 1. The standard InChI is InChI=1S/C34H36ClN3O5S/c1-4-36-34(40)31(22-26-12-6-5-7-13-26)37(23-27-14-8-9-15-29(27)35)33(39)24-38(30-16-10-11-17-32(30)43-3)44(41,42)28-20-18-25(2)19-21-28/h5-21,31H,4,22-24H2,1-3H3,(H,36,40)/t31-/m0/s1. The number of hydrogen-bond donors (Lipinski definition) is 1. The van der Waals surface area contributed by atoms with Crippen LogP contribution >= 0.6 is 11.6 Å². The van der Waals surface area contributed by atoms with Crippen LogP contribution in [-0.4, -0.2) is 51.4 Å². The van der Waals surface area contributed by atoms with Crippen molar-refractivity contribution in [3.8, 4) is 5.75 Å². The zero-order chi connectivity index (χ0) is 31.7. The van der Waals surface area contributed by atoms with Crippen molar-refractivity contribution in [2.24, 2.45) is 0 Å². The second-order valence-electron chi connectivity index (χ2n) is 10.2. The molecule has 10 heteroatoms. The Balaban J connectivity index is 1.83. The number of carbonyl (C=O) groups is 2. The number of nitrogens with zero attached hydrogens (tertiary/aromatic N) is 2. The van der Waals surface area contributed by atoms with Gasteiger partial charge < -0.3 is 15.0 Å². The van der Waals surface area contributed by atoms with Gasteiger partial charge in [-0.25, -0.2) is 8.42 Å². The van der Waals surface area contributed by atoms with E-state index in [0.717, 1.165) is 15.4 Å². The van der Waals surface area contributed by atoms with Crippen molar-refractivity contribution in [3.63, 3.8) is 0 Å². The van der Waals surface area contributed by atoms with Crippen LogP contribution in [-0.2, 0) is 32.6 Å². The molecule has 1 N–H and O–H groups in total. The number of halogens is 1. The van der Waals surface area contributed by atoms with Crippen LogP contribution in [0.4, 0.5) is 5.69 Å². The molecule has 0 aliphatic carbocycles. The molecule has 1 atom stereocenters. The Labute approximate surface area is 264 Å². The highest BCUT2D eigenvalue weighted by Crippen LogP contribution is 2.33. The molecule has 0 fully saturated rings. The van der Waals surface area contributed by atoms with Gasteiger partial charge in [0.2, 0.25) is 11.8 Å². The van der Waals surface area contributed by atoms with Gasteiger partial charge in [-0.2, -0.15) is 0 Å². The van der Waals surface area contributed by atoms with Crippen LogP contribution < -0.4 is 14.4 Å². The second-order valence-corrected chi connectivity index (χ2v) is 12.5. The van der Waals surface area contributed by atoms with Gasteiger partial charge in [0.15, 0.2) is 0 Å². The molecule has 0 bridgehead atoms. The zero-order valence-corrected chi connectivity index (χ0v) is 26.5. The van der Waals surface area contributed by atoms with Crippen LogP contribution in [0, 0.1) is 6.92 Å². The summed E-state index contributed by atoms with van der Waals surface area (Å²) in [6, 6.07) is 28.5. The number of aryl methyl sites for hydroxylation is 1. The first kappa shape index (κ1) is 32.6. The van der Waals surface area contributed by atoms with Crippen molar-refractivity contribution in [1.82, 2.24) is 10.2 Å². The molecule has 4 rings (SSSR count). The minimum absolute atomic E-state index is 0.0164. The third-order valence-electron chi connectivity index (χ3n) is 7.16. The maximum Gasteiger partial charge on any atom is 0.264 e. The normalized spacial score (nSPS) is 11.8. The van der Waals surface area contributed by atoms with E-state index < -0.39 is 28.5 Å². The van der Waals surface area contributed by atoms with Crippen LogP contribution in [0.5, 0.6) is 5.75 Å². The maximum absolute atomic E-state index is 14.5. The summed E-state index contributed by atoms with van der Waals surface area (Å²) >= 11 is 6.52. The Morgan fingerprint density at radius 1 is 0.886 bits per heavy atom. The van der Waals surface area contributed by atoms with Crippen molar-refractivity contribution in [3.05, 3.63) is 125 Å². The van der Waals surface area contributed by atoms with E-state index >= 15 is 0 Å². The lowest BCUT2D eigenvalue weighted by atomic mass is 10.0. The van der Waals surface area contributed by atoms with Gasteiger partial charge in [-0.15, -0.1) is 0 Å². The number of nitrogens with one attached hydrogen (secondary N) is 1. The van der Waals surface area contributed by atoms with E-state index in [2.05, 4.69) is 5.32 Å². The number of rotatable bonds is 13. The highest BCUT2D eigenvalue weighted by molar-refractivity contribution is 7.92. The van der Waals surface area contributed by atoms with Gasteiger partial charge in [0.25, 0.3) is 10.0 Å². The molecule has 0 saturated carbocycles. The molecule has 4 aromatic carbocycles. The SMILES string of the molecule is CCNC(=O)[C@H](Cc1ccccc1)N(Cc1ccccc1Cl)C(=O)CN(c1ccccc1OC)S(=O)(=O)c1ccc(C)cc1.